The van der Waals surface area contributed by atoms with Crippen molar-refractivity contribution in [3.05, 3.63) is 94.1 Å². The number of aryl methyl sites for hydroxylation is 1. The highest BCUT2D eigenvalue weighted by molar-refractivity contribution is 7.98. The number of hydrogen-bond acceptors (Lipinski definition) is 7. The average Bonchev–Trinajstić information content (AvgIpc) is 3.60. The Hall–Kier alpha value is -3.69. The van der Waals surface area contributed by atoms with E-state index in [0.29, 0.717) is 22.1 Å². The van der Waals surface area contributed by atoms with Crippen molar-refractivity contribution in [3.63, 3.8) is 0 Å². The highest BCUT2D eigenvalue weighted by Gasteiger charge is 2.18. The first-order valence-corrected chi connectivity index (χ1v) is 12.1. The van der Waals surface area contributed by atoms with Crippen LogP contribution in [-0.2, 0) is 5.75 Å². The predicted molar refractivity (Wildman–Crippen MR) is 130 cm³/mol. The third-order valence-electron chi connectivity index (χ3n) is 5.36. The fraction of sp³-hybridized carbons (Fsp3) is 0.0833. The quantitative estimate of drug-likeness (QED) is 0.315. The predicted octanol–water partition coefficient (Wildman–Crippen LogP) is 5.35. The Labute approximate surface area is 196 Å². The number of rotatable bonds is 5. The van der Waals surface area contributed by atoms with Gasteiger partial charge in [0.25, 0.3) is 5.56 Å². The number of fused-ring (bicyclic) bond motifs is 3. The number of benzene rings is 2. The lowest BCUT2D eigenvalue weighted by Crippen LogP contribution is -2.21. The molecule has 162 valence electrons. The van der Waals surface area contributed by atoms with Crippen LogP contribution in [0.1, 0.15) is 11.3 Å². The van der Waals surface area contributed by atoms with E-state index in [0.717, 1.165) is 33.0 Å². The van der Waals surface area contributed by atoms with Crippen molar-refractivity contribution in [2.24, 2.45) is 0 Å². The molecule has 0 N–H and O–H groups in total. The molecule has 7 nitrogen and oxygen atoms in total. The second-order valence-corrected chi connectivity index (χ2v) is 9.36. The highest BCUT2D eigenvalue weighted by Crippen LogP contribution is 2.29. The van der Waals surface area contributed by atoms with Gasteiger partial charge in [0.05, 0.1) is 28.5 Å². The molecule has 0 aliphatic rings. The van der Waals surface area contributed by atoms with Crippen molar-refractivity contribution in [3.8, 4) is 16.3 Å². The molecule has 0 fully saturated rings. The Morgan fingerprint density at radius 3 is 2.73 bits per heavy atom. The summed E-state index contributed by atoms with van der Waals surface area (Å²) in [7, 11) is 0. The molecule has 0 saturated heterocycles. The number of hydrogen-bond donors (Lipinski definition) is 0. The highest BCUT2D eigenvalue weighted by atomic mass is 32.2. The summed E-state index contributed by atoms with van der Waals surface area (Å²) < 4.78 is 8.73. The van der Waals surface area contributed by atoms with Gasteiger partial charge in [-0.3, -0.25) is 9.20 Å². The molecule has 0 aliphatic heterocycles. The minimum Gasteiger partial charge on any atom is -0.472 e. The molecular formula is C24H17N5O2S2. The number of para-hydroxylation sites is 1. The molecule has 9 heteroatoms. The maximum Gasteiger partial charge on any atom is 0.267 e. The van der Waals surface area contributed by atoms with E-state index in [1.54, 1.807) is 40.2 Å². The fourth-order valence-electron chi connectivity index (χ4n) is 3.73. The first-order chi connectivity index (χ1) is 16.2. The first kappa shape index (κ1) is 20.0. The van der Waals surface area contributed by atoms with Crippen molar-refractivity contribution in [2.45, 2.75) is 17.8 Å². The van der Waals surface area contributed by atoms with Gasteiger partial charge in [0, 0.05) is 16.7 Å². The standard InChI is InChI=1S/C24H17N5O2S2/c1-15-6-8-18(9-7-15)28-22(30)19-4-2-3-5-20(19)29-23(28)26-27-24(29)33-14-17-13-32-21(25-17)16-10-11-31-12-16/h2-13H,14H2,1H3. The number of thioether (sulfide) groups is 1. The van der Waals surface area contributed by atoms with E-state index in [9.17, 15) is 4.79 Å². The lowest BCUT2D eigenvalue weighted by atomic mass is 10.2. The molecule has 0 amide bonds. The minimum atomic E-state index is -0.116. The molecule has 0 spiro atoms. The van der Waals surface area contributed by atoms with E-state index in [2.05, 4.69) is 10.2 Å². The zero-order chi connectivity index (χ0) is 22.4. The van der Waals surface area contributed by atoms with Crippen LogP contribution in [0.3, 0.4) is 0 Å². The molecule has 4 aromatic heterocycles. The molecule has 6 rings (SSSR count). The van der Waals surface area contributed by atoms with Crippen LogP contribution in [0.4, 0.5) is 0 Å². The van der Waals surface area contributed by atoms with Crippen molar-refractivity contribution < 1.29 is 4.42 Å². The van der Waals surface area contributed by atoms with Crippen molar-refractivity contribution in [1.29, 1.82) is 0 Å². The van der Waals surface area contributed by atoms with Gasteiger partial charge < -0.3 is 4.42 Å². The van der Waals surface area contributed by atoms with Gasteiger partial charge in [0.1, 0.15) is 11.3 Å². The third-order valence-corrected chi connectivity index (χ3v) is 7.26. The molecule has 0 unspecified atom stereocenters. The second kappa shape index (κ2) is 8.02. The van der Waals surface area contributed by atoms with Crippen molar-refractivity contribution in [1.82, 2.24) is 24.1 Å². The second-order valence-electron chi connectivity index (χ2n) is 7.56. The topological polar surface area (TPSA) is 78.2 Å². The monoisotopic (exact) mass is 471 g/mol. The van der Waals surface area contributed by atoms with E-state index in [4.69, 9.17) is 9.40 Å². The molecule has 0 atom stereocenters. The van der Waals surface area contributed by atoms with E-state index in [-0.39, 0.29) is 5.56 Å². The van der Waals surface area contributed by atoms with Crippen molar-refractivity contribution in [2.75, 3.05) is 0 Å². The normalized spacial score (nSPS) is 11.5. The maximum absolute atomic E-state index is 13.4. The lowest BCUT2D eigenvalue weighted by Gasteiger charge is -2.11. The van der Waals surface area contributed by atoms with Crippen LogP contribution < -0.4 is 5.56 Å². The molecule has 0 radical (unpaired) electrons. The summed E-state index contributed by atoms with van der Waals surface area (Å²) in [5.74, 6) is 1.12. The van der Waals surface area contributed by atoms with Gasteiger partial charge >= 0.3 is 0 Å². The Morgan fingerprint density at radius 1 is 1.06 bits per heavy atom. The zero-order valence-electron chi connectivity index (χ0n) is 17.5. The van der Waals surface area contributed by atoms with Crippen LogP contribution in [-0.4, -0.2) is 24.1 Å². The van der Waals surface area contributed by atoms with Crippen LogP contribution in [0.5, 0.6) is 0 Å². The largest absolute Gasteiger partial charge is 0.472 e. The number of nitrogens with zero attached hydrogens (tertiary/aromatic N) is 5. The van der Waals surface area contributed by atoms with Gasteiger partial charge in [-0.15, -0.1) is 21.5 Å². The van der Waals surface area contributed by atoms with Gasteiger partial charge in [-0.05, 0) is 37.3 Å². The van der Waals surface area contributed by atoms with Crippen LogP contribution in [0, 0.1) is 6.92 Å². The molecule has 0 saturated carbocycles. The third kappa shape index (κ3) is 3.46. The molecule has 6 aromatic rings. The van der Waals surface area contributed by atoms with Gasteiger partial charge in [0.2, 0.25) is 5.78 Å². The molecule has 33 heavy (non-hydrogen) atoms. The summed E-state index contributed by atoms with van der Waals surface area (Å²) in [4.78, 5) is 18.1. The molecule has 0 aliphatic carbocycles. The number of aromatic nitrogens is 5. The Kier molecular flexibility index (Phi) is 4.85. The zero-order valence-corrected chi connectivity index (χ0v) is 19.1. The number of furan rings is 1. The van der Waals surface area contributed by atoms with Crippen molar-refractivity contribution >= 4 is 39.8 Å². The maximum atomic E-state index is 13.4. The molecule has 2 aromatic carbocycles. The van der Waals surface area contributed by atoms with Gasteiger partial charge in [-0.25, -0.2) is 9.55 Å². The van der Waals surface area contributed by atoms with Crippen LogP contribution in [0.2, 0.25) is 0 Å². The van der Waals surface area contributed by atoms with E-state index in [1.807, 2.05) is 71.3 Å². The van der Waals surface area contributed by atoms with Gasteiger partial charge in [-0.1, -0.05) is 41.6 Å². The Balaban J connectivity index is 1.45. The molecular weight excluding hydrogens is 454 g/mol. The summed E-state index contributed by atoms with van der Waals surface area (Å²) in [5.41, 5.74) is 4.47. The van der Waals surface area contributed by atoms with Gasteiger partial charge in [-0.2, -0.15) is 0 Å². The summed E-state index contributed by atoms with van der Waals surface area (Å²) >= 11 is 3.12. The van der Waals surface area contributed by atoms with Crippen LogP contribution in [0.15, 0.2) is 86.9 Å². The van der Waals surface area contributed by atoms with E-state index in [1.165, 1.54) is 0 Å². The van der Waals surface area contributed by atoms with Crippen LogP contribution >= 0.6 is 23.1 Å². The Bertz CT molecular complexity index is 1650. The van der Waals surface area contributed by atoms with Crippen LogP contribution in [0.25, 0.3) is 32.9 Å². The summed E-state index contributed by atoms with van der Waals surface area (Å²) in [6.07, 6.45) is 3.34. The summed E-state index contributed by atoms with van der Waals surface area (Å²) in [6.45, 7) is 2.02. The fourth-order valence-corrected chi connectivity index (χ4v) is 5.47. The van der Waals surface area contributed by atoms with E-state index >= 15 is 0 Å². The van der Waals surface area contributed by atoms with E-state index < -0.39 is 0 Å². The summed E-state index contributed by atoms with van der Waals surface area (Å²) in [6, 6.07) is 17.3. The SMILES string of the molecule is Cc1ccc(-n2c(=O)c3ccccc3n3c(SCc4csc(-c5ccoc5)n4)nnc23)cc1. The average molecular weight is 472 g/mol. The summed E-state index contributed by atoms with van der Waals surface area (Å²) in [5, 5.41) is 13.1. The smallest absolute Gasteiger partial charge is 0.267 e. The molecule has 4 heterocycles. The Morgan fingerprint density at radius 2 is 1.91 bits per heavy atom. The molecule has 0 bridgehead atoms. The first-order valence-electron chi connectivity index (χ1n) is 10.2. The minimum absolute atomic E-state index is 0.116. The number of thiazole rings is 1. The lowest BCUT2D eigenvalue weighted by molar-refractivity contribution is 0.568. The van der Waals surface area contributed by atoms with Gasteiger partial charge in [0.15, 0.2) is 5.16 Å².